The molecular formula is C6H8O3. The summed E-state index contributed by atoms with van der Waals surface area (Å²) >= 11 is 0. The van der Waals surface area contributed by atoms with Crippen LogP contribution in [0.3, 0.4) is 0 Å². The van der Waals surface area contributed by atoms with Crippen molar-refractivity contribution < 1.29 is 15.0 Å². The first-order valence-corrected chi connectivity index (χ1v) is 3.08. The number of aliphatic hydroxyl groups excluding tert-OH is 1. The minimum atomic E-state index is -0.724. The van der Waals surface area contributed by atoms with Crippen molar-refractivity contribution in [2.24, 2.45) is 11.3 Å². The lowest BCUT2D eigenvalue weighted by Gasteiger charge is -2.26. The van der Waals surface area contributed by atoms with Crippen molar-refractivity contribution >= 4 is 5.97 Å². The van der Waals surface area contributed by atoms with E-state index >= 15 is 0 Å². The standard InChI is InChI=1S/C6H8O3/c7-4-2-6(5(8)9)1-3(4)6/h3-4,7H,1-2H2,(H,8,9)/t3?,4?,6-/m1/s1. The topological polar surface area (TPSA) is 57.5 Å². The average Bonchev–Trinajstić information content (AvgIpc) is 2.36. The van der Waals surface area contributed by atoms with Crippen LogP contribution < -0.4 is 0 Å². The zero-order chi connectivity index (χ0) is 6.65. The van der Waals surface area contributed by atoms with Gasteiger partial charge in [0.05, 0.1) is 11.5 Å². The third-order valence-corrected chi connectivity index (χ3v) is 2.60. The fourth-order valence-corrected chi connectivity index (χ4v) is 1.76. The third-order valence-electron chi connectivity index (χ3n) is 2.60. The van der Waals surface area contributed by atoms with Gasteiger partial charge in [-0.1, -0.05) is 0 Å². The van der Waals surface area contributed by atoms with Gasteiger partial charge in [0.2, 0.25) is 0 Å². The second-order valence-electron chi connectivity index (χ2n) is 3.04. The van der Waals surface area contributed by atoms with E-state index in [0.29, 0.717) is 12.8 Å². The van der Waals surface area contributed by atoms with Gasteiger partial charge in [0.25, 0.3) is 0 Å². The highest BCUT2D eigenvalue weighted by atomic mass is 16.4. The maximum absolute atomic E-state index is 10.4. The first kappa shape index (κ1) is 5.23. The Balaban J connectivity index is 2.12. The Labute approximate surface area is 52.3 Å². The van der Waals surface area contributed by atoms with E-state index in [-0.39, 0.29) is 12.0 Å². The molecule has 2 N–H and O–H groups in total. The molecule has 0 aromatic carbocycles. The summed E-state index contributed by atoms with van der Waals surface area (Å²) in [5.41, 5.74) is -0.473. The summed E-state index contributed by atoms with van der Waals surface area (Å²) in [6, 6.07) is 0. The van der Waals surface area contributed by atoms with Gasteiger partial charge in [0.1, 0.15) is 0 Å². The van der Waals surface area contributed by atoms with E-state index in [1.165, 1.54) is 0 Å². The molecule has 3 heteroatoms. The molecule has 2 unspecified atom stereocenters. The van der Waals surface area contributed by atoms with E-state index in [1.807, 2.05) is 0 Å². The van der Waals surface area contributed by atoms with E-state index in [9.17, 15) is 4.79 Å². The molecule has 0 radical (unpaired) electrons. The van der Waals surface area contributed by atoms with Crippen LogP contribution in [0.25, 0.3) is 0 Å². The Morgan fingerprint density at radius 1 is 1.56 bits per heavy atom. The van der Waals surface area contributed by atoms with Crippen LogP contribution >= 0.6 is 0 Å². The van der Waals surface area contributed by atoms with Gasteiger partial charge >= 0.3 is 5.97 Å². The van der Waals surface area contributed by atoms with Gasteiger partial charge in [-0.3, -0.25) is 4.79 Å². The van der Waals surface area contributed by atoms with E-state index < -0.39 is 11.4 Å². The summed E-state index contributed by atoms with van der Waals surface area (Å²) in [6.45, 7) is 0. The molecule has 2 aliphatic carbocycles. The molecule has 2 rings (SSSR count). The van der Waals surface area contributed by atoms with Gasteiger partial charge in [0.15, 0.2) is 0 Å². The number of aliphatic hydroxyl groups is 1. The number of carbonyl (C=O) groups is 1. The first-order valence-electron chi connectivity index (χ1n) is 3.08. The zero-order valence-corrected chi connectivity index (χ0v) is 4.87. The molecule has 2 saturated carbocycles. The van der Waals surface area contributed by atoms with Crippen molar-refractivity contribution in [2.45, 2.75) is 18.9 Å². The molecule has 0 aromatic heterocycles. The summed E-state index contributed by atoms with van der Waals surface area (Å²) < 4.78 is 0. The SMILES string of the molecule is O=C(O)[C@]12CC(O)C1C2. The summed E-state index contributed by atoms with van der Waals surface area (Å²) in [4.78, 5) is 10.4. The third kappa shape index (κ3) is 0.399. The predicted molar refractivity (Wildman–Crippen MR) is 28.8 cm³/mol. The van der Waals surface area contributed by atoms with Crippen molar-refractivity contribution in [2.75, 3.05) is 0 Å². The van der Waals surface area contributed by atoms with Crippen LogP contribution in [0.2, 0.25) is 0 Å². The molecule has 0 saturated heterocycles. The number of aliphatic carboxylic acids is 1. The van der Waals surface area contributed by atoms with Crippen LogP contribution in [0.1, 0.15) is 12.8 Å². The summed E-state index contributed by atoms with van der Waals surface area (Å²) in [6.07, 6.45) is 0.859. The number of carboxylic acids is 1. The normalized spacial score (nSPS) is 53.4. The van der Waals surface area contributed by atoms with Gasteiger partial charge in [0, 0.05) is 5.92 Å². The average molecular weight is 128 g/mol. The molecule has 0 bridgehead atoms. The zero-order valence-electron chi connectivity index (χ0n) is 4.87. The highest BCUT2D eigenvalue weighted by Crippen LogP contribution is 2.67. The van der Waals surface area contributed by atoms with Crippen LogP contribution in [0, 0.1) is 11.3 Å². The lowest BCUT2D eigenvalue weighted by atomic mass is 9.82. The fourth-order valence-electron chi connectivity index (χ4n) is 1.76. The molecule has 2 fully saturated rings. The highest BCUT2D eigenvalue weighted by Gasteiger charge is 2.71. The fraction of sp³-hybridized carbons (Fsp3) is 0.833. The minimum Gasteiger partial charge on any atom is -0.481 e. The molecule has 50 valence electrons. The molecular weight excluding hydrogens is 120 g/mol. The number of carboxylic acid groups (broad SMARTS) is 1. The van der Waals surface area contributed by atoms with Crippen LogP contribution in [0.5, 0.6) is 0 Å². The highest BCUT2D eigenvalue weighted by molar-refractivity contribution is 5.80. The molecule has 0 aromatic rings. The Morgan fingerprint density at radius 3 is 2.33 bits per heavy atom. The molecule has 3 atom stereocenters. The molecule has 0 aliphatic heterocycles. The molecule has 0 heterocycles. The second kappa shape index (κ2) is 1.14. The minimum absolute atomic E-state index is 0.0926. The quantitative estimate of drug-likeness (QED) is 0.516. The van der Waals surface area contributed by atoms with Gasteiger partial charge < -0.3 is 10.2 Å². The van der Waals surface area contributed by atoms with E-state index in [2.05, 4.69) is 0 Å². The Kier molecular flexibility index (Phi) is 0.662. The summed E-state index contributed by atoms with van der Waals surface area (Å²) in [5, 5.41) is 17.4. The lowest BCUT2D eigenvalue weighted by molar-refractivity contribution is -0.150. The van der Waals surface area contributed by atoms with Crippen LogP contribution in [-0.4, -0.2) is 22.3 Å². The second-order valence-corrected chi connectivity index (χ2v) is 3.04. The van der Waals surface area contributed by atoms with Gasteiger partial charge in [-0.2, -0.15) is 0 Å². The van der Waals surface area contributed by atoms with Crippen molar-refractivity contribution in [1.29, 1.82) is 0 Å². The monoisotopic (exact) mass is 128 g/mol. The number of rotatable bonds is 1. The lowest BCUT2D eigenvalue weighted by Crippen LogP contribution is -2.36. The smallest absolute Gasteiger partial charge is 0.310 e. The summed E-state index contributed by atoms with van der Waals surface area (Å²) in [7, 11) is 0. The van der Waals surface area contributed by atoms with Crippen LogP contribution in [-0.2, 0) is 4.79 Å². The molecule has 0 amide bonds. The number of hydrogen-bond donors (Lipinski definition) is 2. The van der Waals surface area contributed by atoms with Crippen LogP contribution in [0.15, 0.2) is 0 Å². The van der Waals surface area contributed by atoms with Gasteiger partial charge in [-0.15, -0.1) is 0 Å². The molecule has 9 heavy (non-hydrogen) atoms. The maximum Gasteiger partial charge on any atom is 0.310 e. The van der Waals surface area contributed by atoms with Crippen molar-refractivity contribution in [3.05, 3.63) is 0 Å². The maximum atomic E-state index is 10.4. The predicted octanol–water partition coefficient (Wildman–Crippen LogP) is -0.158. The first-order chi connectivity index (χ1) is 4.17. The molecule has 0 spiro atoms. The van der Waals surface area contributed by atoms with Crippen molar-refractivity contribution in [3.63, 3.8) is 0 Å². The van der Waals surface area contributed by atoms with Crippen molar-refractivity contribution in [3.8, 4) is 0 Å². The molecule has 2 aliphatic rings. The van der Waals surface area contributed by atoms with Gasteiger partial charge in [-0.25, -0.2) is 0 Å². The number of hydrogen-bond acceptors (Lipinski definition) is 2. The van der Waals surface area contributed by atoms with E-state index in [1.54, 1.807) is 0 Å². The largest absolute Gasteiger partial charge is 0.481 e. The van der Waals surface area contributed by atoms with Crippen molar-refractivity contribution in [1.82, 2.24) is 0 Å². The van der Waals surface area contributed by atoms with E-state index in [4.69, 9.17) is 10.2 Å². The van der Waals surface area contributed by atoms with Gasteiger partial charge in [-0.05, 0) is 12.8 Å². The Hall–Kier alpha value is -0.570. The summed E-state index contributed by atoms with van der Waals surface area (Å²) in [5.74, 6) is -0.632. The Morgan fingerprint density at radius 2 is 2.22 bits per heavy atom. The Bertz CT molecular complexity index is 177. The van der Waals surface area contributed by atoms with Crippen LogP contribution in [0.4, 0.5) is 0 Å². The number of fused-ring (bicyclic) bond motifs is 1. The van der Waals surface area contributed by atoms with E-state index in [0.717, 1.165) is 0 Å². The molecule has 3 nitrogen and oxygen atoms in total.